The van der Waals surface area contributed by atoms with Crippen LogP contribution in [0.3, 0.4) is 0 Å². The van der Waals surface area contributed by atoms with Crippen LogP contribution in [0, 0.1) is 14.9 Å². The minimum Gasteiger partial charge on any atom is -0.192 e. The minimum absolute atomic E-state index is 0.857. The molecule has 1 aromatic heterocycles. The predicted octanol–water partition coefficient (Wildman–Crippen LogP) is 3.94. The number of benzene rings is 1. The molecule has 0 aliphatic rings. The van der Waals surface area contributed by atoms with E-state index in [-0.39, 0.29) is 0 Å². The Kier molecular flexibility index (Phi) is 2.75. The van der Waals surface area contributed by atoms with Gasteiger partial charge >= 0.3 is 0 Å². The third-order valence-electron chi connectivity index (χ3n) is 2.28. The summed E-state index contributed by atoms with van der Waals surface area (Å²) in [5.74, 6) is 0. The lowest BCUT2D eigenvalue weighted by Gasteiger charge is -2.05. The van der Waals surface area contributed by atoms with Gasteiger partial charge in [0.25, 0.3) is 0 Å². The molecule has 2 rings (SSSR count). The average molecular weight is 313 g/mol. The molecule has 1 nitrogen and oxygen atoms in total. The molecule has 0 spiro atoms. The number of hydrogen-bond acceptors (Lipinski definition) is 2. The second-order valence-corrected chi connectivity index (χ2v) is 5.12. The zero-order chi connectivity index (χ0) is 10.1. The summed E-state index contributed by atoms with van der Waals surface area (Å²) in [4.78, 5) is 0. The third-order valence-corrected chi connectivity index (χ3v) is 4.10. The fraction of sp³-hybridized carbons (Fsp3) is 0.182. The van der Waals surface area contributed by atoms with Crippen molar-refractivity contribution in [3.05, 3.63) is 32.2 Å². The van der Waals surface area contributed by atoms with Crippen molar-refractivity contribution in [1.82, 2.24) is 0 Å². The van der Waals surface area contributed by atoms with E-state index >= 15 is 0 Å². The normalized spacial score (nSPS) is 10.4. The number of rotatable bonds is 1. The SMILES string of the molecule is CCc1c(I)cc2sccc2c1C#N. The van der Waals surface area contributed by atoms with Crippen LogP contribution in [0.25, 0.3) is 10.1 Å². The molecule has 0 amide bonds. The van der Waals surface area contributed by atoms with Crippen molar-refractivity contribution >= 4 is 44.0 Å². The first-order valence-electron chi connectivity index (χ1n) is 4.36. The van der Waals surface area contributed by atoms with Crippen LogP contribution in [-0.2, 0) is 6.42 Å². The lowest BCUT2D eigenvalue weighted by Crippen LogP contribution is -1.92. The van der Waals surface area contributed by atoms with Crippen LogP contribution >= 0.6 is 33.9 Å². The Balaban J connectivity index is 2.91. The van der Waals surface area contributed by atoms with Crippen molar-refractivity contribution in [1.29, 1.82) is 5.26 Å². The molecule has 0 N–H and O–H groups in total. The highest BCUT2D eigenvalue weighted by Crippen LogP contribution is 2.30. The van der Waals surface area contributed by atoms with E-state index in [4.69, 9.17) is 5.26 Å². The van der Waals surface area contributed by atoms with E-state index in [1.165, 1.54) is 13.8 Å². The molecule has 0 aliphatic carbocycles. The smallest absolute Gasteiger partial charge is 0.100 e. The summed E-state index contributed by atoms with van der Waals surface area (Å²) in [6.45, 7) is 2.09. The summed E-state index contributed by atoms with van der Waals surface area (Å²) >= 11 is 4.00. The Bertz CT molecular complexity index is 522. The predicted molar refractivity (Wildman–Crippen MR) is 68.6 cm³/mol. The van der Waals surface area contributed by atoms with E-state index in [2.05, 4.69) is 41.7 Å². The van der Waals surface area contributed by atoms with Gasteiger partial charge < -0.3 is 0 Å². The van der Waals surface area contributed by atoms with Gasteiger partial charge in [0, 0.05) is 13.7 Å². The Morgan fingerprint density at radius 3 is 3.00 bits per heavy atom. The Hall–Kier alpha value is -0.600. The number of nitrogens with zero attached hydrogens (tertiary/aromatic N) is 1. The van der Waals surface area contributed by atoms with Gasteiger partial charge in [0.1, 0.15) is 6.07 Å². The monoisotopic (exact) mass is 313 g/mol. The molecule has 2 aromatic rings. The molecule has 0 saturated carbocycles. The van der Waals surface area contributed by atoms with Crippen molar-refractivity contribution in [2.24, 2.45) is 0 Å². The zero-order valence-corrected chi connectivity index (χ0v) is 10.6. The molecule has 3 heteroatoms. The molecule has 70 valence electrons. The molecule has 0 radical (unpaired) electrons. The van der Waals surface area contributed by atoms with Gasteiger partial charge in [0.2, 0.25) is 0 Å². The lowest BCUT2D eigenvalue weighted by atomic mass is 10.0. The first kappa shape index (κ1) is 9.94. The van der Waals surface area contributed by atoms with Crippen LogP contribution in [0.15, 0.2) is 17.5 Å². The van der Waals surface area contributed by atoms with Crippen LogP contribution < -0.4 is 0 Å². The van der Waals surface area contributed by atoms with Gasteiger partial charge in [0.15, 0.2) is 0 Å². The summed E-state index contributed by atoms with van der Waals surface area (Å²) in [5, 5.41) is 12.3. The van der Waals surface area contributed by atoms with Gasteiger partial charge in [-0.1, -0.05) is 6.92 Å². The second kappa shape index (κ2) is 3.87. The van der Waals surface area contributed by atoms with Gasteiger partial charge in [0.05, 0.1) is 5.56 Å². The topological polar surface area (TPSA) is 23.8 Å². The van der Waals surface area contributed by atoms with E-state index in [0.717, 1.165) is 17.4 Å². The summed E-state index contributed by atoms with van der Waals surface area (Å²) in [6, 6.07) is 6.52. The maximum absolute atomic E-state index is 9.14. The summed E-state index contributed by atoms with van der Waals surface area (Å²) < 4.78 is 2.42. The van der Waals surface area contributed by atoms with Crippen LogP contribution in [0.4, 0.5) is 0 Å². The molecule has 0 bridgehead atoms. The Morgan fingerprint density at radius 2 is 2.36 bits per heavy atom. The molecular weight excluding hydrogens is 305 g/mol. The molecule has 1 heterocycles. The first-order valence-corrected chi connectivity index (χ1v) is 6.32. The molecule has 0 aliphatic heterocycles. The van der Waals surface area contributed by atoms with Gasteiger partial charge in [-0.3, -0.25) is 0 Å². The molecule has 0 atom stereocenters. The van der Waals surface area contributed by atoms with Gasteiger partial charge in [-0.25, -0.2) is 0 Å². The lowest BCUT2D eigenvalue weighted by molar-refractivity contribution is 1.12. The van der Waals surface area contributed by atoms with Gasteiger partial charge in [-0.2, -0.15) is 5.26 Å². The molecule has 1 aromatic carbocycles. The largest absolute Gasteiger partial charge is 0.192 e. The number of thiophene rings is 1. The summed E-state index contributed by atoms with van der Waals surface area (Å²) in [5.41, 5.74) is 2.04. The molecule has 0 fully saturated rings. The van der Waals surface area contributed by atoms with Crippen LogP contribution in [0.5, 0.6) is 0 Å². The second-order valence-electron chi connectivity index (χ2n) is 3.01. The maximum Gasteiger partial charge on any atom is 0.100 e. The van der Waals surface area contributed by atoms with Crippen molar-refractivity contribution in [2.45, 2.75) is 13.3 Å². The first-order chi connectivity index (χ1) is 6.77. The minimum atomic E-state index is 0.857. The Labute approximate surface area is 101 Å². The fourth-order valence-corrected chi connectivity index (χ4v) is 3.60. The third kappa shape index (κ3) is 1.43. The van der Waals surface area contributed by atoms with Crippen molar-refractivity contribution in [3.63, 3.8) is 0 Å². The summed E-state index contributed by atoms with van der Waals surface area (Å²) in [6.07, 6.45) is 0.924. The highest BCUT2D eigenvalue weighted by Gasteiger charge is 2.10. The van der Waals surface area contributed by atoms with Crippen molar-refractivity contribution in [3.8, 4) is 6.07 Å². The molecule has 0 saturated heterocycles. The standard InChI is InChI=1S/C11H8INS/c1-2-7-9(6-13)8-3-4-14-11(8)5-10(7)12/h3-5H,2H2,1H3. The summed E-state index contributed by atoms with van der Waals surface area (Å²) in [7, 11) is 0. The van der Waals surface area contributed by atoms with Gasteiger partial charge in [-0.05, 0) is 52.1 Å². The average Bonchev–Trinajstić information content (AvgIpc) is 2.62. The number of hydrogen-bond donors (Lipinski definition) is 0. The molecule has 0 unspecified atom stereocenters. The number of fused-ring (bicyclic) bond motifs is 1. The Morgan fingerprint density at radius 1 is 1.57 bits per heavy atom. The van der Waals surface area contributed by atoms with E-state index in [9.17, 15) is 0 Å². The van der Waals surface area contributed by atoms with E-state index in [1.54, 1.807) is 11.3 Å². The van der Waals surface area contributed by atoms with Crippen LogP contribution in [0.2, 0.25) is 0 Å². The van der Waals surface area contributed by atoms with Gasteiger partial charge in [-0.15, -0.1) is 11.3 Å². The van der Waals surface area contributed by atoms with Crippen molar-refractivity contribution in [2.75, 3.05) is 0 Å². The quantitative estimate of drug-likeness (QED) is 0.732. The molecule has 14 heavy (non-hydrogen) atoms. The van der Waals surface area contributed by atoms with Crippen LogP contribution in [-0.4, -0.2) is 0 Å². The maximum atomic E-state index is 9.14. The zero-order valence-electron chi connectivity index (χ0n) is 7.67. The molecular formula is C11H8INS. The highest BCUT2D eigenvalue weighted by atomic mass is 127. The van der Waals surface area contributed by atoms with E-state index in [0.29, 0.717) is 0 Å². The van der Waals surface area contributed by atoms with E-state index < -0.39 is 0 Å². The highest BCUT2D eigenvalue weighted by molar-refractivity contribution is 14.1. The number of nitriles is 1. The fourth-order valence-electron chi connectivity index (χ4n) is 1.60. The number of halogens is 1. The van der Waals surface area contributed by atoms with Crippen LogP contribution in [0.1, 0.15) is 18.1 Å². The van der Waals surface area contributed by atoms with E-state index in [1.807, 2.05) is 11.4 Å². The van der Waals surface area contributed by atoms with Crippen molar-refractivity contribution < 1.29 is 0 Å².